The fourth-order valence-electron chi connectivity index (χ4n) is 4.34. The maximum atomic E-state index is 13.0. The summed E-state index contributed by atoms with van der Waals surface area (Å²) in [6, 6.07) is 5.11. The fraction of sp³-hybridized carbons (Fsp3) is 0.524. The lowest BCUT2D eigenvalue weighted by atomic mass is 9.96. The lowest BCUT2D eigenvalue weighted by molar-refractivity contribution is -0.135. The zero-order valence-corrected chi connectivity index (χ0v) is 18.3. The summed E-state index contributed by atoms with van der Waals surface area (Å²) in [4.78, 5) is 38.6. The molecule has 0 unspecified atom stereocenters. The van der Waals surface area contributed by atoms with Crippen molar-refractivity contribution >= 4 is 15.9 Å². The molecule has 9 nitrogen and oxygen atoms in total. The number of rotatable bonds is 5. The number of carbonyl (C=O) groups is 1. The van der Waals surface area contributed by atoms with E-state index in [1.807, 2.05) is 11.0 Å². The van der Waals surface area contributed by atoms with Crippen LogP contribution in [0.2, 0.25) is 0 Å². The minimum absolute atomic E-state index is 0.0335. The Bertz CT molecular complexity index is 1090. The van der Waals surface area contributed by atoms with E-state index in [2.05, 4.69) is 15.0 Å². The van der Waals surface area contributed by atoms with Gasteiger partial charge in [-0.05, 0) is 38.3 Å². The van der Waals surface area contributed by atoms with Gasteiger partial charge in [-0.3, -0.25) is 14.6 Å². The highest BCUT2D eigenvalue weighted by molar-refractivity contribution is 7.89. The number of aromatic nitrogens is 3. The summed E-state index contributed by atoms with van der Waals surface area (Å²) < 4.78 is 25.6. The Kier molecular flexibility index (Phi) is 6.19. The molecule has 0 bridgehead atoms. The van der Waals surface area contributed by atoms with E-state index in [1.54, 1.807) is 25.4 Å². The Labute approximate surface area is 181 Å². The van der Waals surface area contributed by atoms with E-state index in [9.17, 15) is 18.0 Å². The lowest BCUT2D eigenvalue weighted by Gasteiger charge is -2.32. The third kappa shape index (κ3) is 4.69. The third-order valence-electron chi connectivity index (χ3n) is 6.17. The van der Waals surface area contributed by atoms with Crippen LogP contribution >= 0.6 is 0 Å². The quantitative estimate of drug-likeness (QED) is 0.739. The normalized spacial score (nSPS) is 20.8. The highest BCUT2D eigenvalue weighted by atomic mass is 32.2. The highest BCUT2D eigenvalue weighted by Crippen LogP contribution is 2.29. The second-order valence-electron chi connectivity index (χ2n) is 8.10. The van der Waals surface area contributed by atoms with Crippen LogP contribution in [0.4, 0.5) is 0 Å². The van der Waals surface area contributed by atoms with Crippen molar-refractivity contribution in [2.45, 2.75) is 32.1 Å². The van der Waals surface area contributed by atoms with Crippen LogP contribution in [0.15, 0.2) is 35.4 Å². The van der Waals surface area contributed by atoms with E-state index >= 15 is 0 Å². The number of sulfonamides is 1. The minimum atomic E-state index is -3.20. The molecule has 2 aromatic heterocycles. The van der Waals surface area contributed by atoms with Gasteiger partial charge in [-0.1, -0.05) is 0 Å². The second kappa shape index (κ2) is 8.88. The average molecular weight is 446 g/mol. The van der Waals surface area contributed by atoms with Crippen LogP contribution in [0.3, 0.4) is 0 Å². The van der Waals surface area contributed by atoms with Crippen LogP contribution in [0.1, 0.15) is 37.9 Å². The molecule has 1 atom stereocenters. The molecule has 1 amide bonds. The second-order valence-corrected chi connectivity index (χ2v) is 10.4. The number of aromatic amines is 1. The molecule has 1 N–H and O–H groups in total. The molecule has 0 aromatic carbocycles. The van der Waals surface area contributed by atoms with Gasteiger partial charge in [0.15, 0.2) is 0 Å². The molecule has 2 aliphatic heterocycles. The predicted molar refractivity (Wildman–Crippen MR) is 116 cm³/mol. The van der Waals surface area contributed by atoms with Crippen molar-refractivity contribution in [3.8, 4) is 11.3 Å². The van der Waals surface area contributed by atoms with Gasteiger partial charge in [0.25, 0.3) is 5.56 Å². The monoisotopic (exact) mass is 445 g/mol. The summed E-state index contributed by atoms with van der Waals surface area (Å²) in [5.41, 5.74) is 1.12. The van der Waals surface area contributed by atoms with Crippen LogP contribution < -0.4 is 5.56 Å². The number of piperidine rings is 1. The zero-order chi connectivity index (χ0) is 22.0. The van der Waals surface area contributed by atoms with Gasteiger partial charge < -0.3 is 9.88 Å². The number of amides is 1. The van der Waals surface area contributed by atoms with Gasteiger partial charge in [0.1, 0.15) is 5.82 Å². The molecule has 0 radical (unpaired) electrons. The predicted octanol–water partition coefficient (Wildman–Crippen LogP) is 1.21. The standard InChI is InChI=1S/C21H27N5O4S/c1-2-31(29,30)26-10-6-15(7-11-26)21(28)25-9-5-17(14-25)20-23-18(12-19(27)24-20)16-4-3-8-22-13-16/h3-4,8,12-13,15,17H,2,5-7,9-11,14H2,1H3,(H,23,24,27)/t17-/m0/s1. The molecule has 0 spiro atoms. The van der Waals surface area contributed by atoms with Gasteiger partial charge in [0, 0.05) is 62.0 Å². The number of H-pyrrole nitrogens is 1. The van der Waals surface area contributed by atoms with Crippen molar-refractivity contribution in [2.75, 3.05) is 31.9 Å². The Morgan fingerprint density at radius 3 is 2.68 bits per heavy atom. The largest absolute Gasteiger partial charge is 0.342 e. The summed E-state index contributed by atoms with van der Waals surface area (Å²) in [6.45, 7) is 3.54. The average Bonchev–Trinajstić information content (AvgIpc) is 3.29. The first kappa shape index (κ1) is 21.6. The number of likely N-dealkylation sites (tertiary alicyclic amines) is 1. The summed E-state index contributed by atoms with van der Waals surface area (Å²) in [5, 5.41) is 0. The van der Waals surface area contributed by atoms with E-state index in [1.165, 1.54) is 10.4 Å². The van der Waals surface area contributed by atoms with Gasteiger partial charge in [-0.2, -0.15) is 0 Å². The van der Waals surface area contributed by atoms with Crippen LogP contribution in [0, 0.1) is 5.92 Å². The van der Waals surface area contributed by atoms with Crippen LogP contribution in [-0.4, -0.2) is 70.4 Å². The van der Waals surface area contributed by atoms with E-state index in [0.29, 0.717) is 50.5 Å². The van der Waals surface area contributed by atoms with E-state index in [4.69, 9.17) is 0 Å². The van der Waals surface area contributed by atoms with Crippen molar-refractivity contribution in [1.29, 1.82) is 0 Å². The maximum Gasteiger partial charge on any atom is 0.251 e. The summed E-state index contributed by atoms with van der Waals surface area (Å²) in [7, 11) is -3.20. The van der Waals surface area contributed by atoms with Crippen LogP contribution in [0.25, 0.3) is 11.3 Å². The highest BCUT2D eigenvalue weighted by Gasteiger charge is 2.36. The zero-order valence-electron chi connectivity index (χ0n) is 17.5. The number of nitrogens with one attached hydrogen (secondary N) is 1. The smallest absolute Gasteiger partial charge is 0.251 e. The van der Waals surface area contributed by atoms with Crippen molar-refractivity contribution in [3.63, 3.8) is 0 Å². The molecule has 10 heteroatoms. The molecular weight excluding hydrogens is 418 g/mol. The Morgan fingerprint density at radius 2 is 2.00 bits per heavy atom. The maximum absolute atomic E-state index is 13.0. The van der Waals surface area contributed by atoms with Crippen molar-refractivity contribution in [2.24, 2.45) is 5.92 Å². The molecule has 2 aliphatic rings. The Hall–Kier alpha value is -2.59. The fourth-order valence-corrected chi connectivity index (χ4v) is 5.47. The molecule has 31 heavy (non-hydrogen) atoms. The number of hydrogen-bond acceptors (Lipinski definition) is 6. The summed E-state index contributed by atoms with van der Waals surface area (Å²) in [6.07, 6.45) is 5.16. The van der Waals surface area contributed by atoms with Crippen LogP contribution in [-0.2, 0) is 14.8 Å². The van der Waals surface area contributed by atoms with Gasteiger partial charge in [-0.15, -0.1) is 0 Å². The van der Waals surface area contributed by atoms with Gasteiger partial charge in [-0.25, -0.2) is 17.7 Å². The van der Waals surface area contributed by atoms with Crippen LogP contribution in [0.5, 0.6) is 0 Å². The van der Waals surface area contributed by atoms with Gasteiger partial charge in [0.05, 0.1) is 11.4 Å². The van der Waals surface area contributed by atoms with Crippen molar-refractivity contribution < 1.29 is 13.2 Å². The molecule has 2 aromatic rings. The summed E-state index contributed by atoms with van der Waals surface area (Å²) in [5.74, 6) is 0.555. The molecule has 2 saturated heterocycles. The lowest BCUT2D eigenvalue weighted by Crippen LogP contribution is -2.44. The first-order valence-electron chi connectivity index (χ1n) is 10.7. The van der Waals surface area contributed by atoms with E-state index < -0.39 is 10.0 Å². The SMILES string of the molecule is CCS(=O)(=O)N1CCC(C(=O)N2CC[C@H](c3nc(-c4cccnc4)cc(=O)[nH]3)C2)CC1. The minimum Gasteiger partial charge on any atom is -0.342 e. The van der Waals surface area contributed by atoms with Crippen molar-refractivity contribution in [1.82, 2.24) is 24.2 Å². The molecule has 4 rings (SSSR count). The molecular formula is C21H27N5O4S. The third-order valence-corrected chi connectivity index (χ3v) is 8.05. The van der Waals surface area contributed by atoms with E-state index in [-0.39, 0.29) is 29.1 Å². The molecule has 0 saturated carbocycles. The van der Waals surface area contributed by atoms with Crippen molar-refractivity contribution in [3.05, 3.63) is 46.8 Å². The number of pyridine rings is 1. The topological polar surface area (TPSA) is 116 Å². The molecule has 2 fully saturated rings. The Balaban J connectivity index is 1.42. The van der Waals surface area contributed by atoms with E-state index in [0.717, 1.165) is 12.0 Å². The first-order valence-corrected chi connectivity index (χ1v) is 12.3. The number of carbonyl (C=O) groups excluding carboxylic acids is 1. The molecule has 4 heterocycles. The van der Waals surface area contributed by atoms with Gasteiger partial charge in [0.2, 0.25) is 15.9 Å². The summed E-state index contributed by atoms with van der Waals surface area (Å²) >= 11 is 0. The number of nitrogens with zero attached hydrogens (tertiary/aromatic N) is 4. The first-order chi connectivity index (χ1) is 14.9. The Morgan fingerprint density at radius 1 is 1.23 bits per heavy atom. The number of hydrogen-bond donors (Lipinski definition) is 1. The van der Waals surface area contributed by atoms with Gasteiger partial charge >= 0.3 is 0 Å². The molecule has 0 aliphatic carbocycles. The molecule has 166 valence electrons.